The van der Waals surface area contributed by atoms with Gasteiger partial charge < -0.3 is 14.1 Å². The van der Waals surface area contributed by atoms with Gasteiger partial charge in [-0.3, -0.25) is 0 Å². The van der Waals surface area contributed by atoms with Crippen LogP contribution in [0.25, 0.3) is 0 Å². The number of furan rings is 1. The molecule has 2 rings (SSSR count). The van der Waals surface area contributed by atoms with Crippen molar-refractivity contribution in [3.05, 3.63) is 36.3 Å². The van der Waals surface area contributed by atoms with E-state index in [2.05, 4.69) is 9.71 Å². The molecule has 2 N–H and O–H groups in total. The summed E-state index contributed by atoms with van der Waals surface area (Å²) in [5.74, 6) is -1.68. The number of carbonyl (C=O) groups is 1. The Bertz CT molecular complexity index is 733. The molecule has 0 amide bonds. The Labute approximate surface area is 121 Å². The largest absolute Gasteiger partial charge is 0.475 e. The number of carboxylic acid groups (broad SMARTS) is 1. The van der Waals surface area contributed by atoms with Crippen molar-refractivity contribution in [1.29, 1.82) is 0 Å². The topological polar surface area (TPSA) is 114 Å². The minimum Gasteiger partial charge on any atom is -0.475 e. The van der Waals surface area contributed by atoms with Crippen LogP contribution in [0.15, 0.2) is 34.1 Å². The van der Waals surface area contributed by atoms with E-state index in [9.17, 15) is 13.2 Å². The van der Waals surface area contributed by atoms with Crippen molar-refractivity contribution in [2.45, 2.75) is 31.3 Å². The highest BCUT2D eigenvalue weighted by Crippen LogP contribution is 2.20. The second kappa shape index (κ2) is 5.70. The van der Waals surface area contributed by atoms with Crippen LogP contribution in [0.4, 0.5) is 0 Å². The second-order valence-corrected chi connectivity index (χ2v) is 6.30. The number of hydrogen-bond acceptors (Lipinski definition) is 5. The smallest absolute Gasteiger partial charge is 0.371 e. The van der Waals surface area contributed by atoms with Gasteiger partial charge in [0.1, 0.15) is 10.7 Å². The molecule has 0 radical (unpaired) electrons. The number of aromatic carboxylic acids is 1. The summed E-state index contributed by atoms with van der Waals surface area (Å²) in [6.45, 7) is 3.51. The zero-order valence-corrected chi connectivity index (χ0v) is 12.3. The highest BCUT2D eigenvalue weighted by Gasteiger charge is 2.25. The molecule has 2 heterocycles. The van der Waals surface area contributed by atoms with Crippen molar-refractivity contribution in [3.8, 4) is 0 Å². The molecule has 114 valence electrons. The average molecular weight is 313 g/mol. The lowest BCUT2D eigenvalue weighted by Crippen LogP contribution is -2.35. The SMILES string of the molecule is Cc1oc(C(=O)O)cc1S(=O)(=O)NC(C)Cn1ccnc1. The number of imidazole rings is 1. The molecule has 2 aromatic rings. The molecule has 0 aromatic carbocycles. The Morgan fingerprint density at radius 3 is 2.81 bits per heavy atom. The van der Waals surface area contributed by atoms with E-state index in [0.717, 1.165) is 6.07 Å². The van der Waals surface area contributed by atoms with Gasteiger partial charge in [-0.25, -0.2) is 22.9 Å². The van der Waals surface area contributed by atoms with E-state index in [1.165, 1.54) is 6.92 Å². The van der Waals surface area contributed by atoms with Gasteiger partial charge in [0.2, 0.25) is 15.8 Å². The first kappa shape index (κ1) is 15.3. The van der Waals surface area contributed by atoms with Gasteiger partial charge in [-0.2, -0.15) is 0 Å². The monoisotopic (exact) mass is 313 g/mol. The highest BCUT2D eigenvalue weighted by atomic mass is 32.2. The molecular formula is C12H15N3O5S. The predicted molar refractivity (Wildman–Crippen MR) is 72.4 cm³/mol. The number of sulfonamides is 1. The molecule has 0 saturated carbocycles. The van der Waals surface area contributed by atoms with Crippen molar-refractivity contribution >= 4 is 16.0 Å². The molecule has 9 heteroatoms. The molecule has 0 fully saturated rings. The van der Waals surface area contributed by atoms with E-state index in [1.807, 2.05) is 0 Å². The maximum Gasteiger partial charge on any atom is 0.371 e. The molecule has 2 aromatic heterocycles. The van der Waals surface area contributed by atoms with Crippen molar-refractivity contribution in [3.63, 3.8) is 0 Å². The molecule has 0 spiro atoms. The summed E-state index contributed by atoms with van der Waals surface area (Å²) in [4.78, 5) is 14.5. The fraction of sp³-hybridized carbons (Fsp3) is 0.333. The van der Waals surface area contributed by atoms with Gasteiger partial charge in [-0.1, -0.05) is 0 Å². The van der Waals surface area contributed by atoms with Gasteiger partial charge in [0.15, 0.2) is 0 Å². The molecule has 8 nitrogen and oxygen atoms in total. The number of aryl methyl sites for hydroxylation is 1. The maximum atomic E-state index is 12.2. The van der Waals surface area contributed by atoms with Gasteiger partial charge in [-0.15, -0.1) is 0 Å². The normalized spacial score (nSPS) is 13.2. The quantitative estimate of drug-likeness (QED) is 0.817. The second-order valence-electron chi connectivity index (χ2n) is 4.62. The minimum absolute atomic E-state index is 0.0368. The summed E-state index contributed by atoms with van der Waals surface area (Å²) >= 11 is 0. The van der Waals surface area contributed by atoms with Gasteiger partial charge >= 0.3 is 5.97 Å². The molecule has 0 bridgehead atoms. The number of hydrogen-bond donors (Lipinski definition) is 2. The first-order valence-electron chi connectivity index (χ1n) is 6.11. The molecule has 0 aliphatic rings. The predicted octanol–water partition coefficient (Wildman–Crippen LogP) is 0.850. The van der Waals surface area contributed by atoms with Crippen LogP contribution >= 0.6 is 0 Å². The number of carboxylic acids is 1. The van der Waals surface area contributed by atoms with Crippen LogP contribution in [-0.2, 0) is 16.6 Å². The summed E-state index contributed by atoms with van der Waals surface area (Å²) in [6, 6.07) is 0.607. The standard InChI is InChI=1S/C12H15N3O5S/c1-8(6-15-4-3-13-7-15)14-21(18,19)11-5-10(12(16)17)20-9(11)2/h3-5,7-8,14H,6H2,1-2H3,(H,16,17). The number of nitrogens with one attached hydrogen (secondary N) is 1. The lowest BCUT2D eigenvalue weighted by Gasteiger charge is -2.14. The fourth-order valence-electron chi connectivity index (χ4n) is 1.91. The zero-order chi connectivity index (χ0) is 15.6. The van der Waals surface area contributed by atoms with Crippen LogP contribution in [0, 0.1) is 6.92 Å². The number of nitrogens with zero attached hydrogens (tertiary/aromatic N) is 2. The molecule has 0 aliphatic carbocycles. The fourth-order valence-corrected chi connectivity index (χ4v) is 3.33. The Kier molecular flexibility index (Phi) is 4.14. The minimum atomic E-state index is -3.85. The Morgan fingerprint density at radius 2 is 2.29 bits per heavy atom. The Morgan fingerprint density at radius 1 is 1.57 bits per heavy atom. The third kappa shape index (κ3) is 3.50. The first-order chi connectivity index (χ1) is 9.79. The highest BCUT2D eigenvalue weighted by molar-refractivity contribution is 7.89. The lowest BCUT2D eigenvalue weighted by molar-refractivity contribution is 0.0661. The average Bonchev–Trinajstić information content (AvgIpc) is 2.97. The third-order valence-corrected chi connectivity index (χ3v) is 4.47. The molecule has 1 atom stereocenters. The number of aromatic nitrogens is 2. The van der Waals surface area contributed by atoms with E-state index < -0.39 is 27.8 Å². The van der Waals surface area contributed by atoms with E-state index in [1.54, 1.807) is 30.2 Å². The summed E-state index contributed by atoms with van der Waals surface area (Å²) in [7, 11) is -3.85. The van der Waals surface area contributed by atoms with Gasteiger partial charge in [0.05, 0.1) is 6.33 Å². The van der Waals surface area contributed by atoms with Gasteiger partial charge in [0.25, 0.3) is 0 Å². The van der Waals surface area contributed by atoms with E-state index in [0.29, 0.717) is 6.54 Å². The summed E-state index contributed by atoms with van der Waals surface area (Å²) < 4.78 is 33.6. The maximum absolute atomic E-state index is 12.2. The zero-order valence-electron chi connectivity index (χ0n) is 11.5. The first-order valence-corrected chi connectivity index (χ1v) is 7.59. The molecule has 0 saturated heterocycles. The van der Waals surface area contributed by atoms with Gasteiger partial charge in [-0.05, 0) is 13.8 Å². The summed E-state index contributed by atoms with van der Waals surface area (Å²) in [5.41, 5.74) is 0. The van der Waals surface area contributed by atoms with Crippen molar-refractivity contribution in [1.82, 2.24) is 14.3 Å². The van der Waals surface area contributed by atoms with E-state index in [4.69, 9.17) is 9.52 Å². The molecule has 0 aliphatic heterocycles. The van der Waals surface area contributed by atoms with E-state index in [-0.39, 0.29) is 10.7 Å². The van der Waals surface area contributed by atoms with Crippen LogP contribution in [0.5, 0.6) is 0 Å². The molecule has 1 unspecified atom stereocenters. The van der Waals surface area contributed by atoms with Crippen molar-refractivity contribution in [2.24, 2.45) is 0 Å². The van der Waals surface area contributed by atoms with Gasteiger partial charge in [0, 0.05) is 31.0 Å². The van der Waals surface area contributed by atoms with Crippen LogP contribution in [0.2, 0.25) is 0 Å². The third-order valence-electron chi connectivity index (χ3n) is 2.77. The Balaban J connectivity index is 2.16. The summed E-state index contributed by atoms with van der Waals surface area (Å²) in [6.07, 6.45) is 4.90. The Hall–Kier alpha value is -2.13. The van der Waals surface area contributed by atoms with E-state index >= 15 is 0 Å². The molecular weight excluding hydrogens is 298 g/mol. The van der Waals surface area contributed by atoms with Crippen LogP contribution < -0.4 is 4.72 Å². The van der Waals surface area contributed by atoms with Crippen LogP contribution in [-0.4, -0.2) is 35.1 Å². The molecule has 21 heavy (non-hydrogen) atoms. The van der Waals surface area contributed by atoms with Crippen molar-refractivity contribution < 1.29 is 22.7 Å². The lowest BCUT2D eigenvalue weighted by atomic mass is 10.4. The van der Waals surface area contributed by atoms with Crippen LogP contribution in [0.1, 0.15) is 23.2 Å². The number of rotatable bonds is 6. The summed E-state index contributed by atoms with van der Waals surface area (Å²) in [5, 5.41) is 8.82. The van der Waals surface area contributed by atoms with Crippen molar-refractivity contribution in [2.75, 3.05) is 0 Å². The van der Waals surface area contributed by atoms with Crippen LogP contribution in [0.3, 0.4) is 0 Å².